The van der Waals surface area contributed by atoms with Gasteiger partial charge >= 0.3 is 5.97 Å². The number of carbonyl (C=O) groups excluding carboxylic acids is 1. The Labute approximate surface area is 122 Å². The van der Waals surface area contributed by atoms with E-state index in [0.717, 1.165) is 12.1 Å². The second-order valence-corrected chi connectivity index (χ2v) is 6.76. The Hall–Kier alpha value is -1.70. The summed E-state index contributed by atoms with van der Waals surface area (Å²) < 4.78 is 56.0. The van der Waals surface area contributed by atoms with Gasteiger partial charge in [0.2, 0.25) is 10.0 Å². The molecule has 0 saturated carbocycles. The average molecular weight is 321 g/mol. The summed E-state index contributed by atoms with van der Waals surface area (Å²) in [4.78, 5) is 11.7. The number of halogens is 2. The smallest absolute Gasteiger partial charge is 0.327 e. The van der Waals surface area contributed by atoms with Gasteiger partial charge in [0, 0.05) is 6.07 Å². The molecule has 0 heterocycles. The van der Waals surface area contributed by atoms with E-state index in [1.165, 1.54) is 6.92 Å². The first-order valence-electron chi connectivity index (χ1n) is 6.31. The Kier molecular flexibility index (Phi) is 5.65. The van der Waals surface area contributed by atoms with E-state index in [2.05, 4.69) is 0 Å². The quantitative estimate of drug-likeness (QED) is 0.753. The fraction of sp³-hybridized carbons (Fsp3) is 0.462. The van der Waals surface area contributed by atoms with Gasteiger partial charge in [-0.05, 0) is 32.9 Å². The first-order chi connectivity index (χ1) is 9.65. The second-order valence-electron chi connectivity index (χ2n) is 4.57. The van der Waals surface area contributed by atoms with E-state index < -0.39 is 40.3 Å². The molecule has 0 N–H and O–H groups in total. The summed E-state index contributed by atoms with van der Waals surface area (Å²) in [7, 11) is -3.88. The molecule has 0 atom stereocenters. The highest BCUT2D eigenvalue weighted by Gasteiger charge is 2.25. The molecule has 0 spiro atoms. The number of carbonyl (C=O) groups is 1. The summed E-state index contributed by atoms with van der Waals surface area (Å²) in [5.41, 5.74) is -0.255. The molecule has 0 aromatic heterocycles. The average Bonchev–Trinajstić information content (AvgIpc) is 2.33. The largest absolute Gasteiger partial charge is 0.462 e. The molecule has 0 aliphatic carbocycles. The number of rotatable bonds is 6. The number of benzene rings is 1. The van der Waals surface area contributed by atoms with Gasteiger partial charge < -0.3 is 4.74 Å². The number of hydrogen-bond acceptors (Lipinski definition) is 4. The van der Waals surface area contributed by atoms with Gasteiger partial charge in [-0.25, -0.2) is 17.2 Å². The van der Waals surface area contributed by atoms with Crippen LogP contribution in [0.3, 0.4) is 0 Å². The fourth-order valence-electron chi connectivity index (χ4n) is 1.61. The molecule has 0 aliphatic rings. The van der Waals surface area contributed by atoms with E-state index in [1.807, 2.05) is 0 Å². The lowest BCUT2D eigenvalue weighted by Gasteiger charge is -2.23. The molecular formula is C13H17F2NO4S. The molecule has 0 aliphatic heterocycles. The van der Waals surface area contributed by atoms with Crippen LogP contribution >= 0.6 is 0 Å². The predicted molar refractivity (Wildman–Crippen MR) is 74.4 cm³/mol. The van der Waals surface area contributed by atoms with Crippen LogP contribution in [-0.4, -0.2) is 32.8 Å². The van der Waals surface area contributed by atoms with Gasteiger partial charge in [-0.1, -0.05) is 0 Å². The molecule has 0 amide bonds. The van der Waals surface area contributed by atoms with Crippen LogP contribution in [0.1, 0.15) is 20.8 Å². The molecule has 118 valence electrons. The lowest BCUT2D eigenvalue weighted by atomic mass is 10.3. The van der Waals surface area contributed by atoms with Gasteiger partial charge in [0.05, 0.1) is 17.5 Å². The van der Waals surface area contributed by atoms with Crippen LogP contribution in [0.2, 0.25) is 0 Å². The van der Waals surface area contributed by atoms with Gasteiger partial charge in [-0.3, -0.25) is 9.10 Å². The van der Waals surface area contributed by atoms with Gasteiger partial charge in [0.15, 0.2) is 0 Å². The molecule has 21 heavy (non-hydrogen) atoms. The topological polar surface area (TPSA) is 63.7 Å². The minimum Gasteiger partial charge on any atom is -0.462 e. The molecule has 8 heteroatoms. The van der Waals surface area contributed by atoms with E-state index in [1.54, 1.807) is 13.8 Å². The predicted octanol–water partition coefficient (Wildman–Crippen LogP) is 2.07. The number of ether oxygens (including phenoxy) is 1. The van der Waals surface area contributed by atoms with Gasteiger partial charge in [0.1, 0.15) is 18.2 Å². The Balaban J connectivity index is 3.17. The molecule has 1 aromatic rings. The van der Waals surface area contributed by atoms with Crippen LogP contribution in [0.4, 0.5) is 14.5 Å². The third-order valence-corrected chi connectivity index (χ3v) is 4.22. The zero-order valence-corrected chi connectivity index (χ0v) is 12.8. The van der Waals surface area contributed by atoms with Crippen LogP contribution in [0.25, 0.3) is 0 Å². The molecule has 0 fully saturated rings. The van der Waals surface area contributed by atoms with Crippen molar-refractivity contribution in [2.45, 2.75) is 26.9 Å². The first-order valence-corrected chi connectivity index (χ1v) is 7.92. The van der Waals surface area contributed by atoms with Crippen molar-refractivity contribution < 1.29 is 26.7 Å². The van der Waals surface area contributed by atoms with Crippen molar-refractivity contribution in [1.29, 1.82) is 0 Å². The number of nitrogens with zero attached hydrogens (tertiary/aromatic N) is 1. The van der Waals surface area contributed by atoms with E-state index in [9.17, 15) is 22.0 Å². The maximum atomic E-state index is 13.3. The summed E-state index contributed by atoms with van der Waals surface area (Å²) in [6.07, 6.45) is -0.423. The van der Waals surface area contributed by atoms with E-state index >= 15 is 0 Å². The molecule has 0 radical (unpaired) electrons. The number of sulfonamides is 1. The van der Waals surface area contributed by atoms with Crippen molar-refractivity contribution in [2.24, 2.45) is 0 Å². The summed E-state index contributed by atoms with van der Waals surface area (Å²) >= 11 is 0. The van der Waals surface area contributed by atoms with E-state index in [0.29, 0.717) is 10.4 Å². The lowest BCUT2D eigenvalue weighted by molar-refractivity contribution is -0.145. The second kappa shape index (κ2) is 6.84. The minimum absolute atomic E-state index is 0.255. The highest BCUT2D eigenvalue weighted by molar-refractivity contribution is 7.92. The van der Waals surface area contributed by atoms with Crippen molar-refractivity contribution in [3.05, 3.63) is 29.8 Å². The van der Waals surface area contributed by atoms with Crippen LogP contribution in [0.15, 0.2) is 18.2 Å². The molecule has 0 bridgehead atoms. The van der Waals surface area contributed by atoms with Crippen molar-refractivity contribution >= 4 is 21.7 Å². The fourth-order valence-corrected chi connectivity index (χ4v) is 2.65. The summed E-state index contributed by atoms with van der Waals surface area (Å²) in [6, 6.07) is 2.31. The third kappa shape index (κ3) is 4.96. The van der Waals surface area contributed by atoms with Crippen molar-refractivity contribution in [3.8, 4) is 0 Å². The zero-order valence-electron chi connectivity index (χ0n) is 12.0. The summed E-state index contributed by atoms with van der Waals surface area (Å²) in [6.45, 7) is 3.94. The van der Waals surface area contributed by atoms with Crippen molar-refractivity contribution in [1.82, 2.24) is 0 Å². The minimum atomic E-state index is -3.88. The Bertz CT molecular complexity index is 596. The molecule has 1 aromatic carbocycles. The standard InChI is InChI=1S/C13H17F2NO4S/c1-4-21(18,19)16(8-13(17)20-9(2)3)12-6-10(14)5-11(15)7-12/h5-7,9H,4,8H2,1-3H3. The highest BCUT2D eigenvalue weighted by atomic mass is 32.2. The summed E-state index contributed by atoms with van der Waals surface area (Å²) in [5, 5.41) is 0. The van der Waals surface area contributed by atoms with Crippen molar-refractivity contribution in [3.63, 3.8) is 0 Å². The molecular weight excluding hydrogens is 304 g/mol. The third-order valence-electron chi connectivity index (χ3n) is 2.48. The van der Waals surface area contributed by atoms with E-state index in [-0.39, 0.29) is 11.4 Å². The van der Waals surface area contributed by atoms with Crippen LogP contribution in [0.5, 0.6) is 0 Å². The van der Waals surface area contributed by atoms with Gasteiger partial charge in [0.25, 0.3) is 0 Å². The normalized spacial score (nSPS) is 11.5. The SMILES string of the molecule is CCS(=O)(=O)N(CC(=O)OC(C)C)c1cc(F)cc(F)c1. The van der Waals surface area contributed by atoms with Crippen LogP contribution in [-0.2, 0) is 19.6 Å². The van der Waals surface area contributed by atoms with Crippen LogP contribution in [0, 0.1) is 11.6 Å². The Morgan fingerprint density at radius 1 is 1.24 bits per heavy atom. The number of esters is 1. The number of hydrogen-bond donors (Lipinski definition) is 0. The Morgan fingerprint density at radius 3 is 2.19 bits per heavy atom. The number of anilines is 1. The highest BCUT2D eigenvalue weighted by Crippen LogP contribution is 2.21. The zero-order chi connectivity index (χ0) is 16.2. The van der Waals surface area contributed by atoms with Crippen molar-refractivity contribution in [2.75, 3.05) is 16.6 Å². The van der Waals surface area contributed by atoms with E-state index in [4.69, 9.17) is 4.74 Å². The lowest BCUT2D eigenvalue weighted by Crippen LogP contribution is -2.38. The maximum Gasteiger partial charge on any atom is 0.327 e. The summed E-state index contributed by atoms with van der Waals surface area (Å²) in [5.74, 6) is -2.98. The van der Waals surface area contributed by atoms with Gasteiger partial charge in [-0.2, -0.15) is 0 Å². The Morgan fingerprint density at radius 2 is 1.76 bits per heavy atom. The maximum absolute atomic E-state index is 13.3. The molecule has 1 rings (SSSR count). The van der Waals surface area contributed by atoms with Gasteiger partial charge in [-0.15, -0.1) is 0 Å². The molecule has 5 nitrogen and oxygen atoms in total. The molecule has 0 saturated heterocycles. The monoisotopic (exact) mass is 321 g/mol. The first kappa shape index (κ1) is 17.4. The molecule has 0 unspecified atom stereocenters. The van der Waals surface area contributed by atoms with Crippen LogP contribution < -0.4 is 4.31 Å².